The number of aromatic nitrogens is 2. The molecular weight excluding hydrogens is 435 g/mol. The number of nitrogens with one attached hydrogen (secondary N) is 1. The topological polar surface area (TPSA) is 67.2 Å². The average molecular weight is 452 g/mol. The van der Waals surface area contributed by atoms with Crippen molar-refractivity contribution in [2.24, 2.45) is 0 Å². The minimum absolute atomic E-state index is 0.181. The lowest BCUT2D eigenvalue weighted by Gasteiger charge is -2.17. The molecule has 0 aliphatic heterocycles. The number of aryl methyl sites for hydroxylation is 1. The number of amides is 2. The molecule has 1 aromatic heterocycles. The predicted molar refractivity (Wildman–Crippen MR) is 115 cm³/mol. The van der Waals surface area contributed by atoms with E-state index >= 15 is 0 Å². The molecule has 0 radical (unpaired) electrons. The Labute approximate surface area is 183 Å². The van der Waals surface area contributed by atoms with Crippen LogP contribution >= 0.6 is 34.8 Å². The highest BCUT2D eigenvalue weighted by Crippen LogP contribution is 2.30. The van der Waals surface area contributed by atoms with Gasteiger partial charge in [0.05, 0.1) is 39.2 Å². The van der Waals surface area contributed by atoms with E-state index < -0.39 is 11.8 Å². The molecule has 2 aromatic carbocycles. The summed E-state index contributed by atoms with van der Waals surface area (Å²) < 4.78 is 1.49. The third-order valence-corrected chi connectivity index (χ3v) is 5.15. The smallest absolute Gasteiger partial charge is 0.259 e. The van der Waals surface area contributed by atoms with Crippen molar-refractivity contribution in [1.29, 1.82) is 0 Å². The molecule has 0 fully saturated rings. The quantitative estimate of drug-likeness (QED) is 0.603. The van der Waals surface area contributed by atoms with Gasteiger partial charge in [0.1, 0.15) is 5.15 Å². The molecule has 0 saturated carbocycles. The summed E-state index contributed by atoms with van der Waals surface area (Å²) in [4.78, 5) is 26.5. The highest BCUT2D eigenvalue weighted by Gasteiger charge is 2.25. The summed E-state index contributed by atoms with van der Waals surface area (Å²) in [5.74, 6) is -0.866. The number of hydrogen-bond acceptors (Lipinski definition) is 3. The maximum Gasteiger partial charge on any atom is 0.259 e. The zero-order valence-corrected chi connectivity index (χ0v) is 17.9. The van der Waals surface area contributed by atoms with E-state index in [0.29, 0.717) is 21.4 Å². The first-order valence-corrected chi connectivity index (χ1v) is 9.73. The summed E-state index contributed by atoms with van der Waals surface area (Å²) >= 11 is 18.6. The number of hydrogen-bond donors (Lipinski definition) is 1. The molecule has 3 aromatic rings. The molecule has 1 N–H and O–H groups in total. The molecule has 29 heavy (non-hydrogen) atoms. The third kappa shape index (κ3) is 4.56. The Kier molecular flexibility index (Phi) is 6.47. The largest absolute Gasteiger partial charge is 0.332 e. The van der Waals surface area contributed by atoms with Gasteiger partial charge in [-0.05, 0) is 31.2 Å². The highest BCUT2D eigenvalue weighted by molar-refractivity contribution is 6.39. The van der Waals surface area contributed by atoms with Gasteiger partial charge in [-0.25, -0.2) is 4.68 Å². The molecule has 150 valence electrons. The van der Waals surface area contributed by atoms with Crippen LogP contribution in [-0.4, -0.2) is 40.1 Å². The number of halogens is 3. The molecule has 2 amide bonds. The predicted octanol–water partition coefficient (Wildman–Crippen LogP) is 4.85. The minimum atomic E-state index is -0.444. The second-order valence-corrected chi connectivity index (χ2v) is 7.48. The molecule has 1 heterocycles. The summed E-state index contributed by atoms with van der Waals surface area (Å²) in [6.07, 6.45) is 0. The third-order valence-electron chi connectivity index (χ3n) is 4.17. The lowest BCUT2D eigenvalue weighted by atomic mass is 10.2. The van der Waals surface area contributed by atoms with Crippen LogP contribution in [0.4, 0.5) is 5.69 Å². The first-order chi connectivity index (χ1) is 13.8. The van der Waals surface area contributed by atoms with E-state index in [0.717, 1.165) is 5.69 Å². The second-order valence-electron chi connectivity index (χ2n) is 6.30. The van der Waals surface area contributed by atoms with Gasteiger partial charge in [0.25, 0.3) is 5.91 Å². The van der Waals surface area contributed by atoms with Gasteiger partial charge in [0, 0.05) is 7.05 Å². The van der Waals surface area contributed by atoms with Crippen molar-refractivity contribution < 1.29 is 9.59 Å². The van der Waals surface area contributed by atoms with E-state index in [-0.39, 0.29) is 17.3 Å². The van der Waals surface area contributed by atoms with Crippen LogP contribution in [0.5, 0.6) is 0 Å². The Morgan fingerprint density at radius 2 is 1.66 bits per heavy atom. The Hall–Kier alpha value is -2.54. The average Bonchev–Trinajstić information content (AvgIpc) is 2.99. The molecule has 0 unspecified atom stereocenters. The zero-order chi connectivity index (χ0) is 21.1. The number of anilines is 1. The number of rotatable bonds is 5. The van der Waals surface area contributed by atoms with E-state index in [1.807, 2.05) is 30.3 Å². The number of benzene rings is 2. The fraction of sp³-hybridized carbons (Fsp3) is 0.150. The molecule has 6 nitrogen and oxygen atoms in total. The van der Waals surface area contributed by atoms with Crippen molar-refractivity contribution >= 4 is 52.3 Å². The van der Waals surface area contributed by atoms with Crippen LogP contribution < -0.4 is 5.32 Å². The van der Waals surface area contributed by atoms with Crippen molar-refractivity contribution in [3.8, 4) is 5.69 Å². The first-order valence-electron chi connectivity index (χ1n) is 8.59. The first kappa shape index (κ1) is 21.2. The van der Waals surface area contributed by atoms with Crippen molar-refractivity contribution in [3.05, 3.63) is 75.0 Å². The molecule has 0 atom stereocenters. The zero-order valence-electron chi connectivity index (χ0n) is 15.6. The molecule has 0 aliphatic carbocycles. The minimum Gasteiger partial charge on any atom is -0.332 e. The molecule has 9 heteroatoms. The van der Waals surface area contributed by atoms with E-state index in [4.69, 9.17) is 34.8 Å². The van der Waals surface area contributed by atoms with Gasteiger partial charge in [-0.3, -0.25) is 9.59 Å². The number of carbonyl (C=O) groups is 2. The molecule has 0 spiro atoms. The normalized spacial score (nSPS) is 10.7. The number of likely N-dealkylation sites (N-methyl/N-ethyl adjacent to an activating group) is 1. The Morgan fingerprint density at radius 3 is 2.28 bits per heavy atom. The van der Waals surface area contributed by atoms with Gasteiger partial charge in [-0.15, -0.1) is 0 Å². The van der Waals surface area contributed by atoms with Crippen molar-refractivity contribution in [3.63, 3.8) is 0 Å². The Balaban J connectivity index is 1.77. The van der Waals surface area contributed by atoms with E-state index in [9.17, 15) is 9.59 Å². The van der Waals surface area contributed by atoms with Gasteiger partial charge >= 0.3 is 0 Å². The standard InChI is InChI=1S/C20H17Cl3N4O2/c1-12-17(19(23)27(25-12)13-7-4-3-5-8-13)20(29)26(2)11-16(28)24-18-14(21)9-6-10-15(18)22/h3-10H,11H2,1-2H3,(H,24,28). The van der Waals surface area contributed by atoms with Crippen LogP contribution in [0.3, 0.4) is 0 Å². The molecule has 3 rings (SSSR count). The van der Waals surface area contributed by atoms with Gasteiger partial charge in [-0.1, -0.05) is 59.1 Å². The van der Waals surface area contributed by atoms with Crippen molar-refractivity contribution in [2.75, 3.05) is 18.9 Å². The Morgan fingerprint density at radius 1 is 1.03 bits per heavy atom. The van der Waals surface area contributed by atoms with Crippen LogP contribution in [-0.2, 0) is 4.79 Å². The van der Waals surface area contributed by atoms with Gasteiger partial charge in [0.15, 0.2) is 0 Å². The fourth-order valence-electron chi connectivity index (χ4n) is 2.76. The number of carbonyl (C=O) groups excluding carboxylic acids is 2. The molecule has 0 aliphatic rings. The molecule has 0 saturated heterocycles. The van der Waals surface area contributed by atoms with Crippen LogP contribution in [0, 0.1) is 6.92 Å². The van der Waals surface area contributed by atoms with E-state index in [1.165, 1.54) is 16.6 Å². The van der Waals surface area contributed by atoms with Crippen LogP contribution in [0.15, 0.2) is 48.5 Å². The monoisotopic (exact) mass is 450 g/mol. The van der Waals surface area contributed by atoms with Crippen molar-refractivity contribution in [1.82, 2.24) is 14.7 Å². The van der Waals surface area contributed by atoms with E-state index in [2.05, 4.69) is 10.4 Å². The molecule has 0 bridgehead atoms. The lowest BCUT2D eigenvalue weighted by Crippen LogP contribution is -2.35. The lowest BCUT2D eigenvalue weighted by molar-refractivity contribution is -0.116. The van der Waals surface area contributed by atoms with Gasteiger partial charge < -0.3 is 10.2 Å². The summed E-state index contributed by atoms with van der Waals surface area (Å²) in [7, 11) is 1.51. The molecular formula is C20H17Cl3N4O2. The van der Waals surface area contributed by atoms with Crippen LogP contribution in [0.1, 0.15) is 16.1 Å². The maximum atomic E-state index is 12.9. The SMILES string of the molecule is Cc1nn(-c2ccccc2)c(Cl)c1C(=O)N(C)CC(=O)Nc1c(Cl)cccc1Cl. The van der Waals surface area contributed by atoms with Gasteiger partial charge in [0.2, 0.25) is 5.91 Å². The fourth-order valence-corrected chi connectivity index (χ4v) is 3.60. The number of para-hydroxylation sites is 2. The number of nitrogens with zero attached hydrogens (tertiary/aromatic N) is 3. The summed E-state index contributed by atoms with van der Waals surface area (Å²) in [6.45, 7) is 1.47. The summed E-state index contributed by atoms with van der Waals surface area (Å²) in [5.41, 5.74) is 1.73. The maximum absolute atomic E-state index is 12.9. The Bertz CT molecular complexity index is 1050. The summed E-state index contributed by atoms with van der Waals surface area (Å²) in [6, 6.07) is 14.1. The summed E-state index contributed by atoms with van der Waals surface area (Å²) in [5, 5.41) is 7.78. The van der Waals surface area contributed by atoms with Crippen molar-refractivity contribution in [2.45, 2.75) is 6.92 Å². The van der Waals surface area contributed by atoms with Crippen LogP contribution in [0.2, 0.25) is 15.2 Å². The highest BCUT2D eigenvalue weighted by atomic mass is 35.5. The van der Waals surface area contributed by atoms with Crippen LogP contribution in [0.25, 0.3) is 5.69 Å². The second kappa shape index (κ2) is 8.86. The van der Waals surface area contributed by atoms with Gasteiger partial charge in [-0.2, -0.15) is 5.10 Å². The van der Waals surface area contributed by atoms with E-state index in [1.54, 1.807) is 25.1 Å².